The van der Waals surface area contributed by atoms with Crippen molar-refractivity contribution in [2.45, 2.75) is 6.10 Å². The summed E-state index contributed by atoms with van der Waals surface area (Å²) < 4.78 is 24.9. The molecule has 2 rings (SSSR count). The third-order valence-electron chi connectivity index (χ3n) is 3.85. The van der Waals surface area contributed by atoms with Crippen LogP contribution < -0.4 is 9.47 Å². The standard InChI is InChI=1S/C16H18O8/c1-20-9-6-5-8(7-10(9)21-2)13-11(14(17)22-3)12(15(18)23-4)16(19)24-13/h5-7,11-13H,1-4H3/t11?,12?,13-/m0/s1. The number of carbonyl (C=O) groups is 3. The number of cyclic esters (lactones) is 1. The Morgan fingerprint density at radius 3 is 2.12 bits per heavy atom. The van der Waals surface area contributed by atoms with Gasteiger partial charge in [-0.2, -0.15) is 0 Å². The van der Waals surface area contributed by atoms with Gasteiger partial charge in [-0.1, -0.05) is 6.07 Å². The van der Waals surface area contributed by atoms with Crippen molar-refractivity contribution in [3.8, 4) is 11.5 Å². The van der Waals surface area contributed by atoms with E-state index in [0.29, 0.717) is 17.1 Å². The molecule has 0 aliphatic carbocycles. The maximum atomic E-state index is 12.1. The van der Waals surface area contributed by atoms with Gasteiger partial charge in [-0.05, 0) is 17.7 Å². The second-order valence-corrected chi connectivity index (χ2v) is 5.02. The van der Waals surface area contributed by atoms with Gasteiger partial charge < -0.3 is 23.7 Å². The number of rotatable bonds is 5. The third-order valence-corrected chi connectivity index (χ3v) is 3.85. The Bertz CT molecular complexity index is 653. The van der Waals surface area contributed by atoms with E-state index < -0.39 is 35.8 Å². The van der Waals surface area contributed by atoms with Gasteiger partial charge in [-0.3, -0.25) is 14.4 Å². The predicted molar refractivity (Wildman–Crippen MR) is 79.4 cm³/mol. The van der Waals surface area contributed by atoms with Crippen molar-refractivity contribution < 1.29 is 38.1 Å². The van der Waals surface area contributed by atoms with E-state index in [0.717, 1.165) is 7.11 Å². The average molecular weight is 338 g/mol. The Morgan fingerprint density at radius 2 is 1.58 bits per heavy atom. The summed E-state index contributed by atoms with van der Waals surface area (Å²) in [5.41, 5.74) is 0.475. The van der Waals surface area contributed by atoms with Gasteiger partial charge >= 0.3 is 17.9 Å². The van der Waals surface area contributed by atoms with Gasteiger partial charge in [0.25, 0.3) is 0 Å². The van der Waals surface area contributed by atoms with Crippen LogP contribution in [0.2, 0.25) is 0 Å². The number of methoxy groups -OCH3 is 4. The molecule has 1 aromatic carbocycles. The summed E-state index contributed by atoms with van der Waals surface area (Å²) >= 11 is 0. The minimum absolute atomic E-state index is 0.399. The van der Waals surface area contributed by atoms with Crippen LogP contribution in [0, 0.1) is 11.8 Å². The lowest BCUT2D eigenvalue weighted by Crippen LogP contribution is -2.33. The van der Waals surface area contributed by atoms with Crippen molar-refractivity contribution >= 4 is 17.9 Å². The molecule has 8 heteroatoms. The number of hydrogen-bond acceptors (Lipinski definition) is 8. The molecule has 0 N–H and O–H groups in total. The summed E-state index contributed by atoms with van der Waals surface area (Å²) in [6.07, 6.45) is -0.992. The number of esters is 3. The smallest absolute Gasteiger partial charge is 0.322 e. The first-order chi connectivity index (χ1) is 11.5. The maximum Gasteiger partial charge on any atom is 0.322 e. The highest BCUT2D eigenvalue weighted by molar-refractivity contribution is 6.01. The number of benzene rings is 1. The molecule has 1 aromatic rings. The minimum Gasteiger partial charge on any atom is -0.493 e. The van der Waals surface area contributed by atoms with Crippen LogP contribution >= 0.6 is 0 Å². The number of ether oxygens (including phenoxy) is 5. The lowest BCUT2D eigenvalue weighted by molar-refractivity contribution is -0.159. The van der Waals surface area contributed by atoms with E-state index in [1.807, 2.05) is 0 Å². The second-order valence-electron chi connectivity index (χ2n) is 5.02. The summed E-state index contributed by atoms with van der Waals surface area (Å²) in [6.45, 7) is 0. The van der Waals surface area contributed by atoms with Crippen LogP contribution in [0.4, 0.5) is 0 Å². The van der Waals surface area contributed by atoms with Gasteiger partial charge in [0.05, 0.1) is 28.4 Å². The molecule has 1 heterocycles. The highest BCUT2D eigenvalue weighted by Crippen LogP contribution is 2.42. The third kappa shape index (κ3) is 2.99. The monoisotopic (exact) mass is 338 g/mol. The van der Waals surface area contributed by atoms with Crippen molar-refractivity contribution in [3.63, 3.8) is 0 Å². The van der Waals surface area contributed by atoms with E-state index in [4.69, 9.17) is 18.9 Å². The van der Waals surface area contributed by atoms with E-state index in [1.165, 1.54) is 21.3 Å². The zero-order valence-electron chi connectivity index (χ0n) is 13.7. The molecule has 1 aliphatic rings. The highest BCUT2D eigenvalue weighted by Gasteiger charge is 2.54. The Hall–Kier alpha value is -2.77. The van der Waals surface area contributed by atoms with Crippen molar-refractivity contribution in [1.82, 2.24) is 0 Å². The molecule has 24 heavy (non-hydrogen) atoms. The molecule has 0 bridgehead atoms. The molecule has 0 saturated carbocycles. The first-order valence-electron chi connectivity index (χ1n) is 7.06. The molecule has 1 fully saturated rings. The van der Waals surface area contributed by atoms with Crippen LogP contribution in [0.1, 0.15) is 11.7 Å². The van der Waals surface area contributed by atoms with Gasteiger partial charge in [0, 0.05) is 0 Å². The zero-order chi connectivity index (χ0) is 17.9. The average Bonchev–Trinajstić information content (AvgIpc) is 2.96. The van der Waals surface area contributed by atoms with Crippen molar-refractivity contribution in [2.24, 2.45) is 11.8 Å². The molecule has 0 spiro atoms. The van der Waals surface area contributed by atoms with Crippen LogP contribution in [0.15, 0.2) is 18.2 Å². The minimum atomic E-state index is -1.37. The van der Waals surface area contributed by atoms with Crippen molar-refractivity contribution in [2.75, 3.05) is 28.4 Å². The fraction of sp³-hybridized carbons (Fsp3) is 0.438. The highest BCUT2D eigenvalue weighted by atomic mass is 16.6. The molecule has 0 radical (unpaired) electrons. The Kier molecular flexibility index (Phi) is 5.28. The predicted octanol–water partition coefficient (Wildman–Crippen LogP) is 0.880. The molecular formula is C16H18O8. The summed E-state index contributed by atoms with van der Waals surface area (Å²) in [7, 11) is 5.24. The van der Waals surface area contributed by atoms with Crippen molar-refractivity contribution in [1.29, 1.82) is 0 Å². The number of hydrogen-bond donors (Lipinski definition) is 0. The number of carbonyl (C=O) groups excluding carboxylic acids is 3. The van der Waals surface area contributed by atoms with E-state index in [-0.39, 0.29) is 0 Å². The quantitative estimate of drug-likeness (QED) is 0.443. The van der Waals surface area contributed by atoms with Gasteiger partial charge in [0.15, 0.2) is 17.4 Å². The normalized spacial score (nSPS) is 22.5. The maximum absolute atomic E-state index is 12.1. The van der Waals surface area contributed by atoms with Crippen molar-refractivity contribution in [3.05, 3.63) is 23.8 Å². The summed E-state index contributed by atoms with van der Waals surface area (Å²) in [5, 5.41) is 0. The Morgan fingerprint density at radius 1 is 0.958 bits per heavy atom. The molecule has 1 saturated heterocycles. The lowest BCUT2D eigenvalue weighted by Gasteiger charge is -2.19. The van der Waals surface area contributed by atoms with E-state index in [2.05, 4.69) is 4.74 Å². The van der Waals surface area contributed by atoms with Gasteiger partial charge in [-0.15, -0.1) is 0 Å². The topological polar surface area (TPSA) is 97.4 Å². The van der Waals surface area contributed by atoms with Crippen LogP contribution in [0.3, 0.4) is 0 Å². The molecular weight excluding hydrogens is 320 g/mol. The fourth-order valence-electron chi connectivity index (χ4n) is 2.66. The van der Waals surface area contributed by atoms with Crippen LogP contribution in [-0.4, -0.2) is 46.3 Å². The van der Waals surface area contributed by atoms with Gasteiger partial charge in [0.1, 0.15) is 12.0 Å². The van der Waals surface area contributed by atoms with Gasteiger partial charge in [0.2, 0.25) is 0 Å². The molecule has 0 amide bonds. The van der Waals surface area contributed by atoms with E-state index in [1.54, 1.807) is 18.2 Å². The molecule has 8 nitrogen and oxygen atoms in total. The Balaban J connectivity index is 2.46. The van der Waals surface area contributed by atoms with Gasteiger partial charge in [-0.25, -0.2) is 0 Å². The molecule has 2 unspecified atom stereocenters. The van der Waals surface area contributed by atoms with Crippen LogP contribution in [0.5, 0.6) is 11.5 Å². The first-order valence-corrected chi connectivity index (χ1v) is 7.06. The summed E-state index contributed by atoms with van der Waals surface area (Å²) in [6, 6.07) is 4.81. The van der Waals surface area contributed by atoms with E-state index in [9.17, 15) is 14.4 Å². The molecule has 3 atom stereocenters. The lowest BCUT2D eigenvalue weighted by atomic mass is 9.87. The second kappa shape index (κ2) is 7.20. The zero-order valence-corrected chi connectivity index (χ0v) is 13.7. The fourth-order valence-corrected chi connectivity index (χ4v) is 2.66. The van der Waals surface area contributed by atoms with E-state index >= 15 is 0 Å². The summed E-state index contributed by atoms with van der Waals surface area (Å²) in [5.74, 6) is -4.07. The Labute approximate surface area is 138 Å². The van der Waals surface area contributed by atoms with Crippen LogP contribution in [0.25, 0.3) is 0 Å². The van der Waals surface area contributed by atoms with Crippen LogP contribution in [-0.2, 0) is 28.6 Å². The first kappa shape index (κ1) is 17.6. The molecule has 0 aromatic heterocycles. The SMILES string of the molecule is COC(=O)C1C(=O)O[C@@H](c2ccc(OC)c(OC)c2)C1C(=O)OC. The largest absolute Gasteiger partial charge is 0.493 e. The summed E-state index contributed by atoms with van der Waals surface area (Å²) in [4.78, 5) is 36.1. The molecule has 130 valence electrons. The molecule has 1 aliphatic heterocycles.